The molecular weight excluding hydrogens is 1850 g/mol. The normalized spacial score (nSPS) is 20.9. The summed E-state index contributed by atoms with van der Waals surface area (Å²) in [6.07, 6.45) is -1.53. The number of aliphatic hydroxyl groups excluding tert-OH is 3. The maximum absolute atomic E-state index is 15.5. The maximum Gasteiger partial charge on any atom is 0.245 e. The maximum atomic E-state index is 15.5. The van der Waals surface area contributed by atoms with Crippen molar-refractivity contribution in [3.8, 4) is 5.75 Å². The van der Waals surface area contributed by atoms with E-state index in [-0.39, 0.29) is 109 Å². The Morgan fingerprint density at radius 3 is 1.76 bits per heavy atom. The van der Waals surface area contributed by atoms with E-state index in [4.69, 9.17) is 43.2 Å². The molecule has 0 aliphatic carbocycles. The number of primary amides is 2. The lowest BCUT2D eigenvalue weighted by Gasteiger charge is -2.31. The molecule has 3 heterocycles. The number of amides is 18. The van der Waals surface area contributed by atoms with Crippen LogP contribution in [0.25, 0.3) is 0 Å². The number of guanidine groups is 2. The molecule has 52 heteroatoms. The third kappa shape index (κ3) is 40.7. The number of nitrogens with one attached hydrogen (secondary N) is 20. The van der Waals surface area contributed by atoms with Crippen molar-refractivity contribution in [2.75, 3.05) is 77.8 Å². The Bertz CT molecular complexity index is 4600. The van der Waals surface area contributed by atoms with Crippen molar-refractivity contribution in [2.24, 2.45) is 40.7 Å². The van der Waals surface area contributed by atoms with Crippen molar-refractivity contribution < 1.29 is 116 Å². The summed E-state index contributed by atoms with van der Waals surface area (Å²) in [6, 6.07) is -11.9. The van der Waals surface area contributed by atoms with Gasteiger partial charge in [0, 0.05) is 82.2 Å². The molecule has 0 saturated carbocycles. The van der Waals surface area contributed by atoms with Crippen LogP contribution in [0.2, 0.25) is 0 Å². The molecule has 3 aromatic rings. The van der Waals surface area contributed by atoms with Crippen LogP contribution in [0, 0.1) is 28.6 Å². The minimum absolute atomic E-state index is 0.00187. The lowest BCUT2D eigenvalue weighted by molar-refractivity contribution is -0.142. The van der Waals surface area contributed by atoms with Crippen LogP contribution >= 0.6 is 21.6 Å². The first-order chi connectivity index (χ1) is 65.4. The van der Waals surface area contributed by atoms with Gasteiger partial charge in [-0.25, -0.2) is 4.98 Å². The summed E-state index contributed by atoms with van der Waals surface area (Å²) < 4.78 is 10.4. The van der Waals surface area contributed by atoms with E-state index in [9.17, 15) is 82.8 Å². The molecule has 2 fully saturated rings. The molecule has 16 atom stereocenters. The van der Waals surface area contributed by atoms with Crippen molar-refractivity contribution in [1.82, 2.24) is 105 Å². The van der Waals surface area contributed by atoms with Gasteiger partial charge < -0.3 is 153 Å². The molecule has 2 saturated heterocycles. The lowest BCUT2D eigenvalue weighted by atomic mass is 10.0. The lowest BCUT2D eigenvalue weighted by Crippen LogP contribution is -2.62. The molecule has 50 nitrogen and oxygen atoms in total. The molecule has 764 valence electrons. The van der Waals surface area contributed by atoms with E-state index in [1.807, 2.05) is 0 Å². The van der Waals surface area contributed by atoms with E-state index in [0.29, 0.717) is 16.8 Å². The highest BCUT2D eigenvalue weighted by Crippen LogP contribution is 2.26. The second-order valence-corrected chi connectivity index (χ2v) is 36.6. The molecule has 2 aliphatic rings. The van der Waals surface area contributed by atoms with Crippen molar-refractivity contribution >= 4 is 140 Å². The van der Waals surface area contributed by atoms with Crippen molar-refractivity contribution in [3.05, 3.63) is 83.9 Å². The highest BCUT2D eigenvalue weighted by Gasteiger charge is 2.43. The number of ether oxygens (including phenoxy) is 2. The van der Waals surface area contributed by atoms with E-state index in [1.165, 1.54) is 76.5 Å². The Morgan fingerprint density at radius 2 is 1.17 bits per heavy atom. The number of nitrogens with two attached hydrogens (primary N) is 4. The number of hydrogen-bond acceptors (Lipinski definition) is 29. The van der Waals surface area contributed by atoms with Crippen LogP contribution in [-0.4, -0.2) is 328 Å². The van der Waals surface area contributed by atoms with Gasteiger partial charge in [0.1, 0.15) is 96.4 Å². The van der Waals surface area contributed by atoms with E-state index in [1.54, 1.807) is 44.2 Å². The zero-order valence-electron chi connectivity index (χ0n) is 78.3. The van der Waals surface area contributed by atoms with Gasteiger partial charge in [-0.15, -0.1) is 0 Å². The van der Waals surface area contributed by atoms with Gasteiger partial charge in [-0.05, 0) is 99.3 Å². The molecule has 0 bridgehead atoms. The van der Waals surface area contributed by atoms with E-state index >= 15 is 24.0 Å². The second-order valence-electron chi connectivity index (χ2n) is 34.0. The predicted octanol–water partition coefficient (Wildman–Crippen LogP) is -8.51. The van der Waals surface area contributed by atoms with Crippen LogP contribution in [-0.2, 0) is 115 Å². The number of rotatable bonds is 44. The standard InChI is InChI=1S/C86H134N26O24S2/c1-44(2)33-55-73(123)105-59(39-113)77(127)103-57(35-49-20-22-51(116)23-21-49)74(124)100-52(17-12-27-94-85(89)90)71(121)96-38-66(119)98-54(18-13-28-95-86(91)92)84(134)112-29-14-19-63(112)81(131)110-68(46(5)6)83(133)108-62(80(130)104-56(34-48-15-10-9-11-16-48)75(125)106-60(40-114)78(128)111-69(47(7)115)70(88)120)42-138-137-41-61(79(129)102-55)107-82(132)67(45(3)4)109-72(122)53(24-25-64(87)117)101-76(126)58(36-50-37-93-43-97-50)99-65(118)26-30-136-32-31-135-8/h9-11,15-16,20-23,37,43-47,52-63,67-69,113-116H,12-14,17-19,24-36,38-42H2,1-8H3,(H2,87,117)(H2,88,120)(H,93,97)(H,96,121)(H,98,119)(H,99,118)(H,100,124)(H,101,126)(H,102,129)(H,103,127)(H,104,130)(H,105,123)(H,106,125)(H,107,132)(H,108,133)(H,109,122)(H,110,131)(H,111,128)(H4,89,90,94)(H4,91,92,95)/t47-,52+,53+,54+,55+,56+,57+,58+,59+,60+,61+,62+,63+,67+,68+,69+/m1/s1. The first-order valence-electron chi connectivity index (χ1n) is 45.0. The average molecular weight is 1980 g/mol. The Hall–Kier alpha value is -13.1. The first-order valence-corrected chi connectivity index (χ1v) is 47.5. The first kappa shape index (κ1) is 115. The molecule has 0 unspecified atom stereocenters. The van der Waals surface area contributed by atoms with Crippen LogP contribution < -0.4 is 113 Å². The smallest absolute Gasteiger partial charge is 0.245 e. The zero-order chi connectivity index (χ0) is 102. The number of phenols is 1. The fraction of sp³-hybridized carbons (Fsp3) is 0.593. The minimum Gasteiger partial charge on any atom is -0.508 e. The van der Waals surface area contributed by atoms with Crippen molar-refractivity contribution in [3.63, 3.8) is 0 Å². The van der Waals surface area contributed by atoms with Gasteiger partial charge in [0.2, 0.25) is 106 Å². The molecule has 18 amide bonds. The van der Waals surface area contributed by atoms with Crippen LogP contribution in [0.3, 0.4) is 0 Å². The Balaban J connectivity index is 1.71. The van der Waals surface area contributed by atoms with Gasteiger partial charge in [-0.3, -0.25) is 97.1 Å². The molecule has 0 radical (unpaired) electrons. The van der Waals surface area contributed by atoms with Gasteiger partial charge in [0.25, 0.3) is 0 Å². The van der Waals surface area contributed by atoms with E-state index < -0.39 is 283 Å². The Labute approximate surface area is 805 Å². The summed E-state index contributed by atoms with van der Waals surface area (Å²) in [5.74, 6) is -23.4. The van der Waals surface area contributed by atoms with Crippen LogP contribution in [0.15, 0.2) is 67.1 Å². The molecule has 5 rings (SSSR count). The monoisotopic (exact) mass is 1980 g/mol. The van der Waals surface area contributed by atoms with Crippen molar-refractivity contribution in [1.29, 1.82) is 10.8 Å². The third-order valence-electron chi connectivity index (χ3n) is 21.6. The molecule has 0 spiro atoms. The number of aliphatic hydroxyl groups is 3. The molecule has 2 aromatic carbocycles. The number of carbonyl (C=O) groups is 18. The quantitative estimate of drug-likeness (QED) is 0.0108. The number of aromatic amines is 1. The highest BCUT2D eigenvalue weighted by atomic mass is 33.1. The number of benzene rings is 2. The summed E-state index contributed by atoms with van der Waals surface area (Å²) >= 11 is 0. The number of aromatic hydroxyl groups is 1. The highest BCUT2D eigenvalue weighted by molar-refractivity contribution is 8.76. The molecule has 1 aromatic heterocycles. The Morgan fingerprint density at radius 1 is 0.587 bits per heavy atom. The van der Waals surface area contributed by atoms with Crippen molar-refractivity contribution in [2.45, 2.75) is 229 Å². The Kier molecular flexibility index (Phi) is 50.1. The number of hydrogen-bond donors (Lipinski definition) is 28. The zero-order valence-corrected chi connectivity index (χ0v) is 79.9. The van der Waals surface area contributed by atoms with Gasteiger partial charge in [-0.1, -0.05) is 106 Å². The average Bonchev–Trinajstić information content (AvgIpc) is 1.65. The summed E-state index contributed by atoms with van der Waals surface area (Å²) in [7, 11) is 2.93. The van der Waals surface area contributed by atoms with Gasteiger partial charge in [0.05, 0.1) is 52.0 Å². The number of carbonyl (C=O) groups excluding carboxylic acids is 18. The van der Waals surface area contributed by atoms with E-state index in [0.717, 1.165) is 28.5 Å². The van der Waals surface area contributed by atoms with Crippen LogP contribution in [0.4, 0.5) is 0 Å². The fourth-order valence-electron chi connectivity index (χ4n) is 14.2. The van der Waals surface area contributed by atoms with Crippen LogP contribution in [0.1, 0.15) is 129 Å². The summed E-state index contributed by atoms with van der Waals surface area (Å²) in [5, 5.41) is 101. The van der Waals surface area contributed by atoms with E-state index in [2.05, 4.69) is 100 Å². The molecule has 138 heavy (non-hydrogen) atoms. The second kappa shape index (κ2) is 59.8. The number of aromatic nitrogens is 2. The predicted molar refractivity (Wildman–Crippen MR) is 502 cm³/mol. The SMILES string of the molecule is COCCOCCC(=O)N[C@@H](Cc1cnc[nH]1)C(=O)N[C@@H](CCC(N)=O)C(=O)N[C@H](C(=O)N[C@H]1CSSC[C@@H](C(=O)N[C@@H](Cc2ccccc2)C(=O)N[C@@H](CO)C(=O)N[C@H](C(N)=O)[C@@H](C)O)NC(=O)[C@H](C(C)C)NC(=O)[C@@H]2CCCN2C(=O)[C@H](CCCNC(=N)N)NC(=O)CNC(=O)[C@H](CCCNC(=N)N)NC(=O)[C@H](Cc2ccc(O)cc2)NC(=O)[C@H](CO)NC(=O)[C@H](CC(C)C)NC1=O)C(C)C. The summed E-state index contributed by atoms with van der Waals surface area (Å²) in [5.41, 5.74) is 23.2. The van der Waals surface area contributed by atoms with Gasteiger partial charge in [-0.2, -0.15) is 0 Å². The number of fused-ring (bicyclic) bond motifs is 1. The summed E-state index contributed by atoms with van der Waals surface area (Å²) in [4.78, 5) is 268. The number of H-pyrrole nitrogens is 1. The van der Waals surface area contributed by atoms with Crippen LogP contribution in [0.5, 0.6) is 5.75 Å². The molecule has 32 N–H and O–H groups in total. The third-order valence-corrected chi connectivity index (χ3v) is 24.1. The number of phenolic OH excluding ortho intramolecular Hbond substituents is 1. The number of methoxy groups -OCH3 is 1. The molecular formula is C86H134N26O24S2. The molecule has 2 aliphatic heterocycles. The van der Waals surface area contributed by atoms with Gasteiger partial charge in [0.15, 0.2) is 11.9 Å². The number of nitrogens with zero attached hydrogens (tertiary/aromatic N) is 2. The minimum atomic E-state index is -1.98. The fourth-order valence-corrected chi connectivity index (χ4v) is 16.5. The largest absolute Gasteiger partial charge is 0.508 e. The summed E-state index contributed by atoms with van der Waals surface area (Å²) in [6.45, 7) is 7.41. The number of imidazole rings is 1. The topological polar surface area (TPSA) is 795 Å². The van der Waals surface area contributed by atoms with Gasteiger partial charge >= 0.3 is 0 Å².